The summed E-state index contributed by atoms with van der Waals surface area (Å²) in [5.74, 6) is 1.21. The molecule has 1 aromatic rings. The summed E-state index contributed by atoms with van der Waals surface area (Å²) >= 11 is 0. The molecule has 0 saturated heterocycles. The molecule has 0 bridgehead atoms. The summed E-state index contributed by atoms with van der Waals surface area (Å²) in [6.07, 6.45) is 0.0727. The van der Waals surface area contributed by atoms with Crippen LogP contribution in [0, 0.1) is 0 Å². The molecule has 0 aromatic heterocycles. The van der Waals surface area contributed by atoms with Crippen molar-refractivity contribution in [2.75, 3.05) is 6.61 Å². The minimum atomic E-state index is -0.615. The molecule has 1 aliphatic heterocycles. The molecule has 2 atom stereocenters. The quantitative estimate of drug-likeness (QED) is 0.812. The van der Waals surface area contributed by atoms with Crippen LogP contribution in [0.2, 0.25) is 0 Å². The minimum Gasteiger partial charge on any atom is -0.493 e. The summed E-state index contributed by atoms with van der Waals surface area (Å²) in [4.78, 5) is 0. The van der Waals surface area contributed by atoms with Gasteiger partial charge in [0.2, 0.25) is 0 Å². The van der Waals surface area contributed by atoms with E-state index >= 15 is 0 Å². The van der Waals surface area contributed by atoms with Gasteiger partial charge in [-0.25, -0.2) is 0 Å². The van der Waals surface area contributed by atoms with Crippen molar-refractivity contribution in [3.05, 3.63) is 29.3 Å². The summed E-state index contributed by atoms with van der Waals surface area (Å²) in [7, 11) is 0. The van der Waals surface area contributed by atoms with Crippen molar-refractivity contribution in [1.29, 1.82) is 0 Å². The Morgan fingerprint density at radius 2 is 2.12 bits per heavy atom. The fourth-order valence-electron chi connectivity index (χ4n) is 1.98. The summed E-state index contributed by atoms with van der Waals surface area (Å²) in [5.41, 5.74) is 7.92. The van der Waals surface area contributed by atoms with Gasteiger partial charge in [0.1, 0.15) is 5.75 Å². The molecule has 0 spiro atoms. The van der Waals surface area contributed by atoms with E-state index in [4.69, 9.17) is 10.5 Å². The number of ether oxygens (including phenoxy) is 1. The summed E-state index contributed by atoms with van der Waals surface area (Å²) < 4.78 is 5.58. The number of aliphatic hydroxyl groups is 1. The topological polar surface area (TPSA) is 55.5 Å². The molecule has 0 fully saturated rings. The van der Waals surface area contributed by atoms with E-state index in [0.717, 1.165) is 11.3 Å². The van der Waals surface area contributed by atoms with Gasteiger partial charge in [0.25, 0.3) is 0 Å². The Morgan fingerprint density at radius 3 is 2.76 bits per heavy atom. The Balaban J connectivity index is 0.00000144. The van der Waals surface area contributed by atoms with Gasteiger partial charge in [-0.3, -0.25) is 0 Å². The van der Waals surface area contributed by atoms with Crippen LogP contribution in [0.3, 0.4) is 0 Å². The summed E-state index contributed by atoms with van der Waals surface area (Å²) in [6.45, 7) is 4.84. The number of fused-ring (bicyclic) bond motifs is 1. The van der Waals surface area contributed by atoms with Crippen molar-refractivity contribution in [3.8, 4) is 5.75 Å². The van der Waals surface area contributed by atoms with Crippen LogP contribution in [0.5, 0.6) is 5.75 Å². The van der Waals surface area contributed by atoms with Gasteiger partial charge in [0, 0.05) is 11.6 Å². The monoisotopic (exact) mass is 257 g/mol. The van der Waals surface area contributed by atoms with Gasteiger partial charge in [-0.05, 0) is 30.0 Å². The van der Waals surface area contributed by atoms with E-state index in [0.29, 0.717) is 18.9 Å². The number of hydrogen-bond acceptors (Lipinski definition) is 3. The molecule has 2 rings (SSSR count). The van der Waals surface area contributed by atoms with E-state index in [2.05, 4.69) is 13.8 Å². The molecule has 1 heterocycles. The van der Waals surface area contributed by atoms with Gasteiger partial charge in [-0.15, -0.1) is 12.4 Å². The van der Waals surface area contributed by atoms with Crippen LogP contribution in [0.1, 0.15) is 43.4 Å². The van der Waals surface area contributed by atoms with E-state index in [1.54, 1.807) is 0 Å². The second-order valence-electron chi connectivity index (χ2n) is 4.70. The van der Waals surface area contributed by atoms with Gasteiger partial charge in [-0.1, -0.05) is 19.9 Å². The first kappa shape index (κ1) is 14.3. The van der Waals surface area contributed by atoms with Gasteiger partial charge >= 0.3 is 0 Å². The fraction of sp³-hybridized carbons (Fsp3) is 0.538. The second kappa shape index (κ2) is 5.71. The number of halogens is 1. The molecule has 4 heteroatoms. The maximum absolute atomic E-state index is 10.1. The molecule has 96 valence electrons. The molecule has 1 aromatic carbocycles. The average molecular weight is 258 g/mol. The Hall–Kier alpha value is -0.770. The first-order valence-corrected chi connectivity index (χ1v) is 5.80. The molecule has 0 saturated carbocycles. The highest BCUT2D eigenvalue weighted by molar-refractivity contribution is 5.85. The zero-order valence-corrected chi connectivity index (χ0v) is 11.0. The van der Waals surface area contributed by atoms with Crippen molar-refractivity contribution in [2.45, 2.75) is 38.3 Å². The number of hydrogen-bond donors (Lipinski definition) is 2. The largest absolute Gasteiger partial charge is 0.493 e. The van der Waals surface area contributed by atoms with Gasteiger partial charge in [0.05, 0.1) is 12.7 Å². The SMILES string of the molecule is CC(C)c1ccc2c(c1)C(O)C(N)CCO2.Cl. The lowest BCUT2D eigenvalue weighted by atomic mass is 9.95. The van der Waals surface area contributed by atoms with Crippen molar-refractivity contribution < 1.29 is 9.84 Å². The normalized spacial score (nSPS) is 23.4. The highest BCUT2D eigenvalue weighted by atomic mass is 35.5. The Morgan fingerprint density at radius 1 is 1.41 bits per heavy atom. The van der Waals surface area contributed by atoms with E-state index in [-0.39, 0.29) is 18.4 Å². The third-order valence-corrected chi connectivity index (χ3v) is 3.13. The van der Waals surface area contributed by atoms with Crippen LogP contribution in [-0.4, -0.2) is 17.8 Å². The van der Waals surface area contributed by atoms with Gasteiger partial charge < -0.3 is 15.6 Å². The summed E-state index contributed by atoms with van der Waals surface area (Å²) in [5, 5.41) is 10.1. The van der Waals surface area contributed by atoms with Crippen LogP contribution >= 0.6 is 12.4 Å². The maximum Gasteiger partial charge on any atom is 0.125 e. The lowest BCUT2D eigenvalue weighted by Crippen LogP contribution is -2.28. The van der Waals surface area contributed by atoms with Crippen molar-refractivity contribution in [1.82, 2.24) is 0 Å². The fourth-order valence-corrected chi connectivity index (χ4v) is 1.98. The summed E-state index contributed by atoms with van der Waals surface area (Å²) in [6, 6.07) is 5.76. The van der Waals surface area contributed by atoms with E-state index in [1.807, 2.05) is 18.2 Å². The van der Waals surface area contributed by atoms with Crippen molar-refractivity contribution >= 4 is 12.4 Å². The number of nitrogens with two attached hydrogens (primary N) is 1. The third kappa shape index (κ3) is 2.92. The number of aliphatic hydroxyl groups excluding tert-OH is 1. The molecule has 3 N–H and O–H groups in total. The van der Waals surface area contributed by atoms with Crippen molar-refractivity contribution in [2.24, 2.45) is 5.73 Å². The zero-order chi connectivity index (χ0) is 11.7. The molecule has 3 nitrogen and oxygen atoms in total. The molecule has 2 unspecified atom stereocenters. The van der Waals surface area contributed by atoms with Gasteiger partial charge in [-0.2, -0.15) is 0 Å². The predicted molar refractivity (Wildman–Crippen MR) is 70.8 cm³/mol. The van der Waals surface area contributed by atoms with Crippen molar-refractivity contribution in [3.63, 3.8) is 0 Å². The Bertz CT molecular complexity index is 382. The molecule has 0 amide bonds. The maximum atomic E-state index is 10.1. The molecule has 17 heavy (non-hydrogen) atoms. The lowest BCUT2D eigenvalue weighted by Gasteiger charge is -2.17. The Kier molecular flexibility index (Phi) is 4.80. The van der Waals surface area contributed by atoms with Crippen LogP contribution in [0.4, 0.5) is 0 Å². The van der Waals surface area contributed by atoms with Crippen LogP contribution in [0.15, 0.2) is 18.2 Å². The third-order valence-electron chi connectivity index (χ3n) is 3.13. The molecular formula is C13H20ClNO2. The molecule has 0 radical (unpaired) electrons. The zero-order valence-electron chi connectivity index (χ0n) is 10.2. The Labute approximate surface area is 108 Å². The van der Waals surface area contributed by atoms with Crippen LogP contribution < -0.4 is 10.5 Å². The van der Waals surface area contributed by atoms with Crippen LogP contribution in [0.25, 0.3) is 0 Å². The molecular weight excluding hydrogens is 238 g/mol. The van der Waals surface area contributed by atoms with Crippen LogP contribution in [-0.2, 0) is 0 Å². The van der Waals surface area contributed by atoms with E-state index in [1.165, 1.54) is 5.56 Å². The number of benzene rings is 1. The molecule has 1 aliphatic rings. The standard InChI is InChI=1S/C13H19NO2.ClH/c1-8(2)9-3-4-12-10(7-9)13(15)11(14)5-6-16-12;/h3-4,7-8,11,13,15H,5-6,14H2,1-2H3;1H. The minimum absolute atomic E-state index is 0. The van der Waals surface area contributed by atoms with E-state index < -0.39 is 6.10 Å². The second-order valence-corrected chi connectivity index (χ2v) is 4.70. The first-order chi connectivity index (χ1) is 7.59. The number of rotatable bonds is 1. The predicted octanol–water partition coefficient (Wildman–Crippen LogP) is 2.38. The van der Waals surface area contributed by atoms with E-state index in [9.17, 15) is 5.11 Å². The highest BCUT2D eigenvalue weighted by Gasteiger charge is 2.24. The van der Waals surface area contributed by atoms with Gasteiger partial charge in [0.15, 0.2) is 0 Å². The molecule has 0 aliphatic carbocycles. The highest BCUT2D eigenvalue weighted by Crippen LogP contribution is 2.33. The first-order valence-electron chi connectivity index (χ1n) is 5.80. The average Bonchev–Trinajstić information content (AvgIpc) is 2.40. The lowest BCUT2D eigenvalue weighted by molar-refractivity contribution is 0.144. The smallest absolute Gasteiger partial charge is 0.125 e.